The molecule has 0 aliphatic heterocycles. The average molecular weight is 288 g/mol. The van der Waals surface area contributed by atoms with Crippen LogP contribution in [0.15, 0.2) is 24.5 Å². The number of hydrogen-bond donors (Lipinski definition) is 3. The molecule has 1 aliphatic rings. The van der Waals surface area contributed by atoms with Crippen molar-refractivity contribution in [2.75, 3.05) is 0 Å². The van der Waals surface area contributed by atoms with Crippen LogP contribution >= 0.6 is 0 Å². The maximum atomic E-state index is 9.55. The predicted octanol–water partition coefficient (Wildman–Crippen LogP) is 2.05. The highest BCUT2D eigenvalue weighted by atomic mass is 16.3. The maximum Gasteiger partial charge on any atom is 0.157 e. The molecule has 1 fully saturated rings. The third kappa shape index (κ3) is 2.85. The molecule has 1 aliphatic carbocycles. The van der Waals surface area contributed by atoms with Crippen LogP contribution in [0.25, 0.3) is 0 Å². The van der Waals surface area contributed by atoms with E-state index in [1.54, 1.807) is 12.4 Å². The van der Waals surface area contributed by atoms with Crippen LogP contribution in [-0.2, 0) is 6.42 Å². The van der Waals surface area contributed by atoms with Crippen molar-refractivity contribution in [3.63, 3.8) is 0 Å². The number of phenols is 2. The third-order valence-electron chi connectivity index (χ3n) is 4.15. The molecule has 0 spiro atoms. The lowest BCUT2D eigenvalue weighted by atomic mass is 10.0. The lowest BCUT2D eigenvalue weighted by Gasteiger charge is -2.17. The minimum Gasteiger partial charge on any atom is -0.504 e. The fraction of sp³-hybridized carbons (Fsp3) is 0.467. The van der Waals surface area contributed by atoms with Crippen molar-refractivity contribution in [1.29, 1.82) is 0 Å². The van der Waals surface area contributed by atoms with Gasteiger partial charge in [0.05, 0.1) is 6.04 Å². The van der Waals surface area contributed by atoms with Crippen LogP contribution < -0.4 is 5.73 Å². The average Bonchev–Trinajstić information content (AvgIpc) is 3.12. The van der Waals surface area contributed by atoms with E-state index in [1.807, 2.05) is 0 Å². The van der Waals surface area contributed by atoms with Crippen LogP contribution in [0.5, 0.6) is 11.5 Å². The Morgan fingerprint density at radius 2 is 2.00 bits per heavy atom. The SMILES string of the molecule is NC(Cc1ccc(O)c(O)c1)c1nncn1C1CCCC1. The summed E-state index contributed by atoms with van der Waals surface area (Å²) in [6, 6.07) is 4.93. The van der Waals surface area contributed by atoms with E-state index in [1.165, 1.54) is 25.0 Å². The van der Waals surface area contributed by atoms with E-state index in [-0.39, 0.29) is 17.5 Å². The molecule has 0 radical (unpaired) electrons. The van der Waals surface area contributed by atoms with E-state index < -0.39 is 0 Å². The first-order valence-electron chi connectivity index (χ1n) is 7.31. The Kier molecular flexibility index (Phi) is 3.79. The molecular formula is C15H20N4O2. The number of nitrogens with two attached hydrogens (primary N) is 1. The number of phenolic OH excluding ortho intramolecular Hbond substituents is 2. The van der Waals surface area contributed by atoms with Gasteiger partial charge >= 0.3 is 0 Å². The number of benzene rings is 1. The molecule has 1 atom stereocenters. The molecule has 0 amide bonds. The summed E-state index contributed by atoms with van der Waals surface area (Å²) in [5, 5.41) is 27.1. The van der Waals surface area contributed by atoms with Gasteiger partial charge in [0.25, 0.3) is 0 Å². The van der Waals surface area contributed by atoms with Crippen molar-refractivity contribution in [2.24, 2.45) is 5.73 Å². The van der Waals surface area contributed by atoms with Crippen molar-refractivity contribution in [1.82, 2.24) is 14.8 Å². The lowest BCUT2D eigenvalue weighted by Crippen LogP contribution is -2.20. The summed E-state index contributed by atoms with van der Waals surface area (Å²) in [6.45, 7) is 0. The van der Waals surface area contributed by atoms with Gasteiger partial charge in [-0.05, 0) is 37.0 Å². The van der Waals surface area contributed by atoms with Gasteiger partial charge in [-0.2, -0.15) is 0 Å². The second-order valence-corrected chi connectivity index (χ2v) is 5.67. The number of hydrogen-bond acceptors (Lipinski definition) is 5. The standard InChI is InChI=1S/C15H20N4O2/c16-12(7-10-5-6-13(20)14(21)8-10)15-18-17-9-19(15)11-3-1-2-4-11/h5-6,8-9,11-12,20-21H,1-4,7,16H2. The number of rotatable bonds is 4. The van der Waals surface area contributed by atoms with Crippen LogP contribution in [-0.4, -0.2) is 25.0 Å². The third-order valence-corrected chi connectivity index (χ3v) is 4.15. The summed E-state index contributed by atoms with van der Waals surface area (Å²) in [6.07, 6.45) is 7.08. The van der Waals surface area contributed by atoms with E-state index in [9.17, 15) is 10.2 Å². The van der Waals surface area contributed by atoms with Gasteiger partial charge in [0.15, 0.2) is 11.5 Å². The van der Waals surface area contributed by atoms with Crippen molar-refractivity contribution in [3.05, 3.63) is 35.9 Å². The number of aromatic nitrogens is 3. The first-order chi connectivity index (χ1) is 10.1. The van der Waals surface area contributed by atoms with Gasteiger partial charge in [0.1, 0.15) is 12.2 Å². The smallest absolute Gasteiger partial charge is 0.157 e. The molecule has 3 rings (SSSR count). The zero-order valence-electron chi connectivity index (χ0n) is 11.8. The number of nitrogens with zero attached hydrogens (tertiary/aromatic N) is 3. The van der Waals surface area contributed by atoms with Crippen molar-refractivity contribution in [2.45, 2.75) is 44.2 Å². The first kappa shape index (κ1) is 13.9. The molecule has 1 heterocycles. The van der Waals surface area contributed by atoms with Crippen LogP contribution in [0.2, 0.25) is 0 Å². The fourth-order valence-corrected chi connectivity index (χ4v) is 3.02. The Hall–Kier alpha value is -2.08. The van der Waals surface area contributed by atoms with Crippen molar-refractivity contribution >= 4 is 0 Å². The van der Waals surface area contributed by atoms with Crippen LogP contribution in [0, 0.1) is 0 Å². The fourth-order valence-electron chi connectivity index (χ4n) is 3.02. The van der Waals surface area contributed by atoms with E-state index >= 15 is 0 Å². The van der Waals surface area contributed by atoms with Crippen LogP contribution in [0.4, 0.5) is 0 Å². The number of aromatic hydroxyl groups is 2. The molecule has 0 saturated heterocycles. The van der Waals surface area contributed by atoms with Gasteiger partial charge < -0.3 is 20.5 Å². The molecule has 4 N–H and O–H groups in total. The lowest BCUT2D eigenvalue weighted by molar-refractivity contribution is 0.402. The second-order valence-electron chi connectivity index (χ2n) is 5.67. The molecule has 1 aromatic heterocycles. The van der Waals surface area contributed by atoms with Gasteiger partial charge in [-0.15, -0.1) is 10.2 Å². The molecule has 112 valence electrons. The monoisotopic (exact) mass is 288 g/mol. The topological polar surface area (TPSA) is 97.2 Å². The summed E-state index contributed by atoms with van der Waals surface area (Å²) < 4.78 is 2.10. The second kappa shape index (κ2) is 5.73. The minimum absolute atomic E-state index is 0.124. The van der Waals surface area contributed by atoms with E-state index in [4.69, 9.17) is 5.73 Å². The van der Waals surface area contributed by atoms with E-state index in [0.717, 1.165) is 24.2 Å². The zero-order chi connectivity index (χ0) is 14.8. The summed E-state index contributed by atoms with van der Waals surface area (Å²) in [5.41, 5.74) is 7.12. The van der Waals surface area contributed by atoms with Gasteiger partial charge in [0.2, 0.25) is 0 Å². The summed E-state index contributed by atoms with van der Waals surface area (Å²) in [7, 11) is 0. The summed E-state index contributed by atoms with van der Waals surface area (Å²) in [5.74, 6) is 0.535. The highest BCUT2D eigenvalue weighted by Crippen LogP contribution is 2.32. The van der Waals surface area contributed by atoms with Crippen LogP contribution in [0.3, 0.4) is 0 Å². The van der Waals surface area contributed by atoms with Gasteiger partial charge in [0, 0.05) is 6.04 Å². The summed E-state index contributed by atoms with van der Waals surface area (Å²) >= 11 is 0. The van der Waals surface area contributed by atoms with Crippen LogP contribution in [0.1, 0.15) is 49.2 Å². The predicted molar refractivity (Wildman–Crippen MR) is 77.9 cm³/mol. The Bertz CT molecular complexity index is 620. The highest BCUT2D eigenvalue weighted by molar-refractivity contribution is 5.40. The molecule has 6 nitrogen and oxygen atoms in total. The molecular weight excluding hydrogens is 268 g/mol. The quantitative estimate of drug-likeness (QED) is 0.748. The van der Waals surface area contributed by atoms with Crippen molar-refractivity contribution < 1.29 is 10.2 Å². The van der Waals surface area contributed by atoms with E-state index in [0.29, 0.717) is 12.5 Å². The Morgan fingerprint density at radius 1 is 1.24 bits per heavy atom. The zero-order valence-corrected chi connectivity index (χ0v) is 11.8. The maximum absolute atomic E-state index is 9.55. The van der Waals surface area contributed by atoms with Crippen molar-refractivity contribution in [3.8, 4) is 11.5 Å². The minimum atomic E-state index is -0.281. The molecule has 21 heavy (non-hydrogen) atoms. The molecule has 1 unspecified atom stereocenters. The molecule has 0 bridgehead atoms. The Balaban J connectivity index is 1.77. The summed E-state index contributed by atoms with van der Waals surface area (Å²) in [4.78, 5) is 0. The highest BCUT2D eigenvalue weighted by Gasteiger charge is 2.23. The van der Waals surface area contributed by atoms with Gasteiger partial charge in [-0.3, -0.25) is 0 Å². The Morgan fingerprint density at radius 3 is 2.71 bits per heavy atom. The van der Waals surface area contributed by atoms with Gasteiger partial charge in [-0.1, -0.05) is 18.9 Å². The first-order valence-corrected chi connectivity index (χ1v) is 7.31. The largest absolute Gasteiger partial charge is 0.504 e. The van der Waals surface area contributed by atoms with E-state index in [2.05, 4.69) is 14.8 Å². The normalized spacial score (nSPS) is 17.2. The molecule has 1 saturated carbocycles. The Labute approximate surface area is 123 Å². The van der Waals surface area contributed by atoms with Gasteiger partial charge in [-0.25, -0.2) is 0 Å². The molecule has 1 aromatic carbocycles. The molecule has 2 aromatic rings. The molecule has 6 heteroatoms.